The average molecular weight is 675 g/mol. The maximum Gasteiger partial charge on any atom is 0.128 e. The Bertz CT molecular complexity index is 2360. The van der Waals surface area contributed by atoms with Gasteiger partial charge in [-0.25, -0.2) is 4.99 Å². The maximum absolute atomic E-state index is 6.80. The molecular formula is C48H42N4. The Hall–Kier alpha value is -6.23. The second kappa shape index (κ2) is 14.2. The van der Waals surface area contributed by atoms with Gasteiger partial charge in [-0.3, -0.25) is 5.32 Å². The number of nitrogens with one attached hydrogen (secondary N) is 2. The fourth-order valence-corrected chi connectivity index (χ4v) is 7.49. The van der Waals surface area contributed by atoms with Crippen LogP contribution < -0.4 is 16.4 Å². The highest BCUT2D eigenvalue weighted by Crippen LogP contribution is 2.54. The van der Waals surface area contributed by atoms with Gasteiger partial charge >= 0.3 is 0 Å². The standard InChI is InChI=1S/C48H42N4/c1-48(2)41-27-13-12-26-40(41)45-42(48)28-29-43(44(45)37-23-14-22-36(30-37)34-18-8-4-9-19-34)51-39-25-15-24-38(31-39)46(49)52-47(35-20-10-5-11-21-35)50-32-33-16-6-3-7-17-33/h3-31,47,50-51H,32H2,1-2H3,(H2,49,52). The van der Waals surface area contributed by atoms with E-state index >= 15 is 0 Å². The van der Waals surface area contributed by atoms with Crippen molar-refractivity contribution in [2.24, 2.45) is 10.7 Å². The van der Waals surface area contributed by atoms with Crippen LogP contribution in [0.2, 0.25) is 0 Å². The zero-order valence-electron chi connectivity index (χ0n) is 29.6. The van der Waals surface area contributed by atoms with E-state index in [2.05, 4.69) is 164 Å². The van der Waals surface area contributed by atoms with E-state index in [-0.39, 0.29) is 11.6 Å². The Balaban J connectivity index is 1.18. The first-order valence-electron chi connectivity index (χ1n) is 17.9. The molecule has 7 aromatic carbocycles. The molecule has 0 saturated heterocycles. The summed E-state index contributed by atoms with van der Waals surface area (Å²) in [5.41, 5.74) is 21.7. The van der Waals surface area contributed by atoms with Crippen molar-refractivity contribution in [2.75, 3.05) is 5.32 Å². The fraction of sp³-hybridized carbons (Fsp3) is 0.104. The van der Waals surface area contributed by atoms with Gasteiger partial charge in [-0.05, 0) is 74.3 Å². The van der Waals surface area contributed by atoms with E-state index in [0.717, 1.165) is 22.5 Å². The molecule has 0 heterocycles. The Morgan fingerprint density at radius 1 is 0.596 bits per heavy atom. The molecule has 4 heteroatoms. The average Bonchev–Trinajstić information content (AvgIpc) is 3.43. The minimum Gasteiger partial charge on any atom is -0.383 e. The molecule has 254 valence electrons. The molecule has 7 aromatic rings. The Morgan fingerprint density at radius 3 is 2.04 bits per heavy atom. The van der Waals surface area contributed by atoms with Gasteiger partial charge in [0.25, 0.3) is 0 Å². The lowest BCUT2D eigenvalue weighted by atomic mass is 9.81. The van der Waals surface area contributed by atoms with E-state index in [1.807, 2.05) is 36.4 Å². The Labute approximate surface area is 306 Å². The van der Waals surface area contributed by atoms with Crippen molar-refractivity contribution >= 4 is 17.2 Å². The predicted molar refractivity (Wildman–Crippen MR) is 218 cm³/mol. The highest BCUT2D eigenvalue weighted by Gasteiger charge is 2.37. The molecule has 1 aliphatic carbocycles. The van der Waals surface area contributed by atoms with Crippen LogP contribution in [0.25, 0.3) is 33.4 Å². The van der Waals surface area contributed by atoms with E-state index in [1.165, 1.54) is 50.1 Å². The quantitative estimate of drug-likeness (QED) is 0.0999. The van der Waals surface area contributed by atoms with Crippen LogP contribution in [0.4, 0.5) is 11.4 Å². The topological polar surface area (TPSA) is 62.4 Å². The monoisotopic (exact) mass is 674 g/mol. The first-order chi connectivity index (χ1) is 25.5. The third-order valence-electron chi connectivity index (χ3n) is 10.2. The van der Waals surface area contributed by atoms with Crippen molar-refractivity contribution in [3.63, 3.8) is 0 Å². The van der Waals surface area contributed by atoms with Gasteiger partial charge in [0.1, 0.15) is 12.0 Å². The van der Waals surface area contributed by atoms with Crippen LogP contribution >= 0.6 is 0 Å². The lowest BCUT2D eigenvalue weighted by molar-refractivity contribution is 0.554. The number of nitrogens with two attached hydrogens (primary N) is 1. The molecule has 0 bridgehead atoms. The van der Waals surface area contributed by atoms with Crippen molar-refractivity contribution in [3.8, 4) is 33.4 Å². The van der Waals surface area contributed by atoms with E-state index < -0.39 is 0 Å². The van der Waals surface area contributed by atoms with E-state index in [1.54, 1.807) is 0 Å². The number of hydrogen-bond acceptors (Lipinski definition) is 3. The number of nitrogens with zero attached hydrogens (tertiary/aromatic N) is 1. The molecule has 4 nitrogen and oxygen atoms in total. The summed E-state index contributed by atoms with van der Waals surface area (Å²) in [6.45, 7) is 5.33. The summed E-state index contributed by atoms with van der Waals surface area (Å²) in [6, 6.07) is 61.7. The summed E-state index contributed by atoms with van der Waals surface area (Å²) < 4.78 is 0. The van der Waals surface area contributed by atoms with E-state index in [9.17, 15) is 0 Å². The van der Waals surface area contributed by atoms with Crippen LogP contribution in [0.15, 0.2) is 181 Å². The van der Waals surface area contributed by atoms with E-state index in [0.29, 0.717) is 12.4 Å². The number of hydrogen-bond donors (Lipinski definition) is 3. The van der Waals surface area contributed by atoms with Crippen LogP contribution in [-0.2, 0) is 12.0 Å². The van der Waals surface area contributed by atoms with Gasteiger partial charge in [-0.2, -0.15) is 0 Å². The third-order valence-corrected chi connectivity index (χ3v) is 10.2. The van der Waals surface area contributed by atoms with Gasteiger partial charge in [-0.15, -0.1) is 0 Å². The van der Waals surface area contributed by atoms with Crippen LogP contribution in [0.5, 0.6) is 0 Å². The summed E-state index contributed by atoms with van der Waals surface area (Å²) in [7, 11) is 0. The van der Waals surface area contributed by atoms with Crippen molar-refractivity contribution in [1.29, 1.82) is 0 Å². The molecule has 8 rings (SSSR count). The maximum atomic E-state index is 6.80. The summed E-state index contributed by atoms with van der Waals surface area (Å²) in [6.07, 6.45) is -0.304. The van der Waals surface area contributed by atoms with Gasteiger partial charge in [0.15, 0.2) is 0 Å². The second-order valence-electron chi connectivity index (χ2n) is 13.9. The molecule has 0 amide bonds. The molecule has 0 saturated carbocycles. The van der Waals surface area contributed by atoms with Crippen molar-refractivity contribution in [3.05, 3.63) is 204 Å². The first kappa shape index (κ1) is 32.9. The number of amidine groups is 1. The van der Waals surface area contributed by atoms with Crippen LogP contribution in [0.3, 0.4) is 0 Å². The van der Waals surface area contributed by atoms with Gasteiger partial charge in [-0.1, -0.05) is 166 Å². The molecule has 1 aliphatic rings. The predicted octanol–water partition coefficient (Wildman–Crippen LogP) is 11.3. The number of fused-ring (bicyclic) bond motifs is 3. The third kappa shape index (κ3) is 6.53. The first-order valence-corrected chi connectivity index (χ1v) is 17.9. The molecule has 0 spiro atoms. The zero-order valence-corrected chi connectivity index (χ0v) is 29.6. The van der Waals surface area contributed by atoms with Crippen LogP contribution in [0, 0.1) is 0 Å². The zero-order chi connectivity index (χ0) is 35.5. The van der Waals surface area contributed by atoms with Crippen LogP contribution in [0.1, 0.15) is 47.8 Å². The molecule has 52 heavy (non-hydrogen) atoms. The minimum absolute atomic E-state index is 0.120. The minimum atomic E-state index is -0.304. The molecule has 1 unspecified atom stereocenters. The molecule has 0 radical (unpaired) electrons. The van der Waals surface area contributed by atoms with Crippen molar-refractivity contribution < 1.29 is 0 Å². The smallest absolute Gasteiger partial charge is 0.128 e. The summed E-state index contributed by atoms with van der Waals surface area (Å²) in [4.78, 5) is 5.03. The number of rotatable bonds is 10. The Morgan fingerprint density at radius 2 is 1.25 bits per heavy atom. The SMILES string of the molecule is CC1(C)c2ccccc2-c2c1ccc(Nc1cccc(C(N)=NC(NCc3ccccc3)c3ccccc3)c1)c2-c1cccc(-c2ccccc2)c1. The largest absolute Gasteiger partial charge is 0.383 e. The highest BCUT2D eigenvalue weighted by atomic mass is 15.1. The van der Waals surface area contributed by atoms with E-state index in [4.69, 9.17) is 10.7 Å². The molecule has 0 fully saturated rings. The highest BCUT2D eigenvalue weighted by molar-refractivity contribution is 6.01. The van der Waals surface area contributed by atoms with Gasteiger partial charge in [0.2, 0.25) is 0 Å². The van der Waals surface area contributed by atoms with Crippen molar-refractivity contribution in [1.82, 2.24) is 5.32 Å². The fourth-order valence-electron chi connectivity index (χ4n) is 7.49. The molecule has 0 aliphatic heterocycles. The van der Waals surface area contributed by atoms with Gasteiger partial charge in [0, 0.05) is 34.5 Å². The Kier molecular flexibility index (Phi) is 8.98. The van der Waals surface area contributed by atoms with Gasteiger partial charge < -0.3 is 11.1 Å². The lowest BCUT2D eigenvalue weighted by Crippen LogP contribution is -2.24. The molecular weight excluding hydrogens is 633 g/mol. The lowest BCUT2D eigenvalue weighted by Gasteiger charge is -2.23. The molecule has 0 aromatic heterocycles. The van der Waals surface area contributed by atoms with Crippen molar-refractivity contribution in [2.45, 2.75) is 32.0 Å². The normalized spacial score (nSPS) is 13.6. The van der Waals surface area contributed by atoms with Crippen LogP contribution in [-0.4, -0.2) is 5.84 Å². The summed E-state index contributed by atoms with van der Waals surface area (Å²) >= 11 is 0. The second-order valence-corrected chi connectivity index (χ2v) is 13.9. The number of anilines is 2. The number of benzene rings is 7. The molecule has 4 N–H and O–H groups in total. The number of aliphatic imine (C=N–C) groups is 1. The summed E-state index contributed by atoms with van der Waals surface area (Å²) in [5.74, 6) is 0.471. The summed E-state index contributed by atoms with van der Waals surface area (Å²) in [5, 5.41) is 7.42. The van der Waals surface area contributed by atoms with Gasteiger partial charge in [0.05, 0.1) is 0 Å². The molecule has 1 atom stereocenters.